The maximum absolute atomic E-state index is 10.3. The van der Waals surface area contributed by atoms with E-state index in [1.165, 1.54) is 0 Å². The van der Waals surface area contributed by atoms with E-state index in [-0.39, 0.29) is 0 Å². The maximum atomic E-state index is 10.3. The van der Waals surface area contributed by atoms with Gasteiger partial charge < -0.3 is 5.11 Å². The maximum Gasteiger partial charge on any atom is 0.106 e. The SMILES string of the molecule is OC(c1ccccc1)c1c(Br)cccc1Br. The fourth-order valence-electron chi connectivity index (χ4n) is 1.57. The van der Waals surface area contributed by atoms with Crippen molar-refractivity contribution in [1.29, 1.82) is 0 Å². The molecule has 0 amide bonds. The highest BCUT2D eigenvalue weighted by atomic mass is 79.9. The lowest BCUT2D eigenvalue weighted by Gasteiger charge is -2.15. The van der Waals surface area contributed by atoms with Crippen LogP contribution < -0.4 is 0 Å². The molecule has 0 aliphatic rings. The van der Waals surface area contributed by atoms with Gasteiger partial charge in [0, 0.05) is 14.5 Å². The molecule has 1 nitrogen and oxygen atoms in total. The van der Waals surface area contributed by atoms with E-state index in [0.717, 1.165) is 20.1 Å². The van der Waals surface area contributed by atoms with Crippen molar-refractivity contribution in [1.82, 2.24) is 0 Å². The van der Waals surface area contributed by atoms with Gasteiger partial charge in [-0.05, 0) is 17.7 Å². The van der Waals surface area contributed by atoms with Gasteiger partial charge in [0.25, 0.3) is 0 Å². The van der Waals surface area contributed by atoms with Gasteiger partial charge in [0.1, 0.15) is 6.10 Å². The summed E-state index contributed by atoms with van der Waals surface area (Å²) in [6, 6.07) is 15.4. The Bertz CT molecular complexity index is 462. The third-order valence-electron chi connectivity index (χ3n) is 2.39. The summed E-state index contributed by atoms with van der Waals surface area (Å²) in [5, 5.41) is 10.3. The van der Waals surface area contributed by atoms with Gasteiger partial charge in [0.15, 0.2) is 0 Å². The van der Waals surface area contributed by atoms with Crippen LogP contribution in [0.4, 0.5) is 0 Å². The standard InChI is InChI=1S/C13H10Br2O/c14-10-7-4-8-11(15)12(10)13(16)9-5-2-1-3-6-9/h1-8,13,16H. The lowest BCUT2D eigenvalue weighted by Crippen LogP contribution is -2.01. The average molecular weight is 342 g/mol. The highest BCUT2D eigenvalue weighted by Crippen LogP contribution is 2.34. The summed E-state index contributed by atoms with van der Waals surface area (Å²) in [5.41, 5.74) is 1.74. The largest absolute Gasteiger partial charge is 0.384 e. The summed E-state index contributed by atoms with van der Waals surface area (Å²) >= 11 is 6.91. The Balaban J connectivity index is 2.46. The first-order valence-corrected chi connectivity index (χ1v) is 6.45. The molecule has 0 radical (unpaired) electrons. The van der Waals surface area contributed by atoms with Crippen molar-refractivity contribution in [3.63, 3.8) is 0 Å². The van der Waals surface area contributed by atoms with Crippen LogP contribution in [0.1, 0.15) is 17.2 Å². The minimum atomic E-state index is -0.619. The van der Waals surface area contributed by atoms with Gasteiger partial charge >= 0.3 is 0 Å². The Labute approximate surface area is 111 Å². The van der Waals surface area contributed by atoms with E-state index in [1.807, 2.05) is 48.5 Å². The van der Waals surface area contributed by atoms with E-state index in [2.05, 4.69) is 31.9 Å². The average Bonchev–Trinajstić information content (AvgIpc) is 2.30. The first kappa shape index (κ1) is 11.8. The fourth-order valence-corrected chi connectivity index (χ4v) is 3.01. The van der Waals surface area contributed by atoms with Crippen LogP contribution >= 0.6 is 31.9 Å². The zero-order valence-electron chi connectivity index (χ0n) is 8.40. The lowest BCUT2D eigenvalue weighted by atomic mass is 10.0. The molecule has 0 saturated carbocycles. The normalized spacial score (nSPS) is 12.4. The number of rotatable bonds is 2. The first-order valence-electron chi connectivity index (χ1n) is 4.87. The number of halogens is 2. The summed E-state index contributed by atoms with van der Waals surface area (Å²) in [6.07, 6.45) is -0.619. The highest BCUT2D eigenvalue weighted by Gasteiger charge is 2.16. The van der Waals surface area contributed by atoms with Crippen LogP contribution in [0.25, 0.3) is 0 Å². The van der Waals surface area contributed by atoms with Crippen LogP contribution in [-0.2, 0) is 0 Å². The first-order chi connectivity index (χ1) is 7.70. The molecule has 0 spiro atoms. The Kier molecular flexibility index (Phi) is 3.79. The van der Waals surface area contributed by atoms with Crippen molar-refractivity contribution in [2.45, 2.75) is 6.10 Å². The molecule has 0 fully saturated rings. The van der Waals surface area contributed by atoms with Crippen LogP contribution in [0.3, 0.4) is 0 Å². The van der Waals surface area contributed by atoms with Gasteiger partial charge in [-0.2, -0.15) is 0 Å². The van der Waals surface area contributed by atoms with Crippen molar-refractivity contribution in [2.24, 2.45) is 0 Å². The molecule has 0 aliphatic heterocycles. The van der Waals surface area contributed by atoms with Gasteiger partial charge in [0.2, 0.25) is 0 Å². The quantitative estimate of drug-likeness (QED) is 0.863. The number of hydrogen-bond donors (Lipinski definition) is 1. The molecule has 82 valence electrons. The third-order valence-corrected chi connectivity index (χ3v) is 3.77. The Hall–Kier alpha value is -0.640. The fraction of sp³-hybridized carbons (Fsp3) is 0.0769. The molecule has 0 aromatic heterocycles. The predicted octanol–water partition coefficient (Wildman–Crippen LogP) is 4.29. The lowest BCUT2D eigenvalue weighted by molar-refractivity contribution is 0.219. The minimum Gasteiger partial charge on any atom is -0.384 e. The number of aliphatic hydroxyl groups excluding tert-OH is 1. The Morgan fingerprint density at radius 1 is 0.812 bits per heavy atom. The summed E-state index contributed by atoms with van der Waals surface area (Å²) in [6.45, 7) is 0. The Morgan fingerprint density at radius 3 is 1.94 bits per heavy atom. The van der Waals surface area contributed by atoms with Gasteiger partial charge in [0.05, 0.1) is 0 Å². The van der Waals surface area contributed by atoms with Gasteiger partial charge in [-0.1, -0.05) is 68.3 Å². The van der Waals surface area contributed by atoms with Crippen molar-refractivity contribution in [3.8, 4) is 0 Å². The topological polar surface area (TPSA) is 20.2 Å². The summed E-state index contributed by atoms with van der Waals surface area (Å²) in [7, 11) is 0. The highest BCUT2D eigenvalue weighted by molar-refractivity contribution is 9.11. The van der Waals surface area contributed by atoms with E-state index < -0.39 is 6.10 Å². The molecule has 2 rings (SSSR count). The molecule has 3 heteroatoms. The molecule has 0 aliphatic carbocycles. The molecule has 0 saturated heterocycles. The molecular formula is C13H10Br2O. The number of benzene rings is 2. The van der Waals surface area contributed by atoms with E-state index in [4.69, 9.17) is 0 Å². The van der Waals surface area contributed by atoms with E-state index in [1.54, 1.807) is 0 Å². The molecule has 0 heterocycles. The number of hydrogen-bond acceptors (Lipinski definition) is 1. The van der Waals surface area contributed by atoms with Gasteiger partial charge in [-0.25, -0.2) is 0 Å². The van der Waals surface area contributed by atoms with Crippen molar-refractivity contribution in [3.05, 3.63) is 68.6 Å². The number of aliphatic hydroxyl groups is 1. The summed E-state index contributed by atoms with van der Waals surface area (Å²) in [5.74, 6) is 0. The summed E-state index contributed by atoms with van der Waals surface area (Å²) in [4.78, 5) is 0. The molecule has 16 heavy (non-hydrogen) atoms. The van der Waals surface area contributed by atoms with E-state index in [9.17, 15) is 5.11 Å². The predicted molar refractivity (Wildman–Crippen MR) is 72.3 cm³/mol. The molecular weight excluding hydrogens is 332 g/mol. The molecule has 0 bridgehead atoms. The van der Waals surface area contributed by atoms with Crippen molar-refractivity contribution in [2.75, 3.05) is 0 Å². The zero-order valence-corrected chi connectivity index (χ0v) is 11.6. The monoisotopic (exact) mass is 340 g/mol. The Morgan fingerprint density at radius 2 is 1.38 bits per heavy atom. The molecule has 1 N–H and O–H groups in total. The third kappa shape index (κ3) is 2.37. The van der Waals surface area contributed by atoms with Crippen LogP contribution in [-0.4, -0.2) is 5.11 Å². The van der Waals surface area contributed by atoms with Crippen LogP contribution in [0.2, 0.25) is 0 Å². The summed E-state index contributed by atoms with van der Waals surface area (Å²) < 4.78 is 1.80. The molecule has 2 aromatic carbocycles. The molecule has 2 aromatic rings. The minimum absolute atomic E-state index is 0.619. The van der Waals surface area contributed by atoms with Crippen LogP contribution in [0.5, 0.6) is 0 Å². The second kappa shape index (κ2) is 5.13. The smallest absolute Gasteiger partial charge is 0.106 e. The van der Waals surface area contributed by atoms with Crippen molar-refractivity contribution < 1.29 is 5.11 Å². The van der Waals surface area contributed by atoms with Gasteiger partial charge in [-0.15, -0.1) is 0 Å². The van der Waals surface area contributed by atoms with E-state index >= 15 is 0 Å². The second-order valence-electron chi connectivity index (χ2n) is 3.45. The molecule has 1 atom stereocenters. The van der Waals surface area contributed by atoms with E-state index in [0.29, 0.717) is 0 Å². The zero-order chi connectivity index (χ0) is 11.5. The second-order valence-corrected chi connectivity index (χ2v) is 5.16. The molecule has 1 unspecified atom stereocenters. The van der Waals surface area contributed by atoms with Crippen LogP contribution in [0, 0.1) is 0 Å². The van der Waals surface area contributed by atoms with Crippen LogP contribution in [0.15, 0.2) is 57.5 Å². The van der Waals surface area contributed by atoms with Gasteiger partial charge in [-0.3, -0.25) is 0 Å². The van der Waals surface area contributed by atoms with Crippen molar-refractivity contribution >= 4 is 31.9 Å².